The number of nitriles is 2. The third-order valence-electron chi connectivity index (χ3n) is 4.45. The number of hydrogen-bond acceptors (Lipinski definition) is 5. The van der Waals surface area contributed by atoms with Crippen LogP contribution in [0, 0.1) is 38.2 Å². The molecule has 0 saturated heterocycles. The molecule has 0 unspecified atom stereocenters. The Morgan fingerprint density at radius 2 is 1.76 bits per heavy atom. The number of benzene rings is 1. The summed E-state index contributed by atoms with van der Waals surface area (Å²) >= 11 is 0. The van der Waals surface area contributed by atoms with Gasteiger partial charge in [-0.05, 0) is 12.5 Å². The molecule has 1 aliphatic rings. The molecule has 0 amide bonds. The summed E-state index contributed by atoms with van der Waals surface area (Å²) in [6.45, 7) is 5.20. The SMILES string of the molecule is CC1=C(C#N)C(C)(C)C(C#N)=C(/C(=C\c2ccccc2)[N+](=O)[O-])N1C. The van der Waals surface area contributed by atoms with Crippen molar-refractivity contribution in [1.29, 1.82) is 10.5 Å². The summed E-state index contributed by atoms with van der Waals surface area (Å²) in [5, 5.41) is 30.9. The van der Waals surface area contributed by atoms with E-state index < -0.39 is 10.3 Å². The molecule has 0 saturated carbocycles. The van der Waals surface area contributed by atoms with Gasteiger partial charge in [0.1, 0.15) is 5.70 Å². The van der Waals surface area contributed by atoms with E-state index in [1.165, 1.54) is 6.08 Å². The van der Waals surface area contributed by atoms with Gasteiger partial charge in [0.15, 0.2) is 0 Å². The number of nitrogens with zero attached hydrogens (tertiary/aromatic N) is 4. The lowest BCUT2D eigenvalue weighted by Crippen LogP contribution is -2.34. The fourth-order valence-corrected chi connectivity index (χ4v) is 3.00. The van der Waals surface area contributed by atoms with Crippen molar-refractivity contribution in [3.63, 3.8) is 0 Å². The van der Waals surface area contributed by atoms with E-state index in [1.54, 1.807) is 57.0 Å². The molecule has 0 aromatic heterocycles. The second kappa shape index (κ2) is 6.62. The normalized spacial score (nSPS) is 17.2. The molecule has 0 aliphatic carbocycles. The molecule has 0 N–H and O–H groups in total. The minimum absolute atomic E-state index is 0.172. The predicted molar refractivity (Wildman–Crippen MR) is 93.9 cm³/mol. The number of rotatable bonds is 3. The lowest BCUT2D eigenvalue weighted by atomic mass is 9.73. The van der Waals surface area contributed by atoms with Gasteiger partial charge in [-0.3, -0.25) is 10.1 Å². The molecule has 1 aliphatic heterocycles. The van der Waals surface area contributed by atoms with Crippen LogP contribution in [0.1, 0.15) is 26.3 Å². The molecular formula is C19H18N4O2. The lowest BCUT2D eigenvalue weighted by Gasteiger charge is -2.37. The standard InChI is InChI=1S/C19H18N4O2/c1-13-15(11-20)19(2,3)16(12-21)18(22(13)4)17(23(24)25)10-14-8-6-5-7-9-14/h5-10H,1-4H3/b17-10+. The minimum Gasteiger partial charge on any atom is -0.341 e. The van der Waals surface area contributed by atoms with Crippen LogP contribution in [0.15, 0.2) is 58.6 Å². The van der Waals surface area contributed by atoms with E-state index in [0.29, 0.717) is 16.8 Å². The number of hydrogen-bond donors (Lipinski definition) is 0. The predicted octanol–water partition coefficient (Wildman–Crippen LogP) is 3.85. The van der Waals surface area contributed by atoms with Gasteiger partial charge in [-0.25, -0.2) is 0 Å². The van der Waals surface area contributed by atoms with Gasteiger partial charge in [0.2, 0.25) is 0 Å². The number of allylic oxidation sites excluding steroid dienone is 3. The fourth-order valence-electron chi connectivity index (χ4n) is 3.00. The van der Waals surface area contributed by atoms with Crippen LogP contribution in [-0.4, -0.2) is 16.9 Å². The quantitative estimate of drug-likeness (QED) is 0.618. The summed E-state index contributed by atoms with van der Waals surface area (Å²) in [6.07, 6.45) is 1.45. The van der Waals surface area contributed by atoms with Gasteiger partial charge >= 0.3 is 0 Å². The van der Waals surface area contributed by atoms with E-state index in [0.717, 1.165) is 0 Å². The first kappa shape index (κ1) is 18.0. The topological polar surface area (TPSA) is 94.0 Å². The van der Waals surface area contributed by atoms with Crippen molar-refractivity contribution < 1.29 is 4.92 Å². The highest BCUT2D eigenvalue weighted by Crippen LogP contribution is 2.45. The van der Waals surface area contributed by atoms with Crippen molar-refractivity contribution in [2.75, 3.05) is 7.05 Å². The second-order valence-corrected chi connectivity index (χ2v) is 6.29. The smallest absolute Gasteiger partial charge is 0.294 e. The minimum atomic E-state index is -0.902. The van der Waals surface area contributed by atoms with Gasteiger partial charge in [-0.1, -0.05) is 44.2 Å². The van der Waals surface area contributed by atoms with Gasteiger partial charge in [-0.2, -0.15) is 10.5 Å². The van der Waals surface area contributed by atoms with Gasteiger partial charge in [0.25, 0.3) is 5.70 Å². The molecule has 0 spiro atoms. The number of likely N-dealkylation sites (N-methyl/N-ethyl adjacent to an activating group) is 1. The van der Waals surface area contributed by atoms with Crippen LogP contribution in [0.2, 0.25) is 0 Å². The zero-order valence-corrected chi connectivity index (χ0v) is 14.6. The molecular weight excluding hydrogens is 316 g/mol. The zero-order chi connectivity index (χ0) is 18.8. The van der Waals surface area contributed by atoms with Crippen molar-refractivity contribution >= 4 is 6.08 Å². The molecule has 2 rings (SSSR count). The maximum atomic E-state index is 11.8. The highest BCUT2D eigenvalue weighted by atomic mass is 16.6. The van der Waals surface area contributed by atoms with Crippen molar-refractivity contribution in [2.45, 2.75) is 20.8 Å². The van der Waals surface area contributed by atoms with Crippen molar-refractivity contribution in [3.8, 4) is 12.1 Å². The summed E-state index contributed by atoms with van der Waals surface area (Å²) in [7, 11) is 1.64. The first-order valence-corrected chi connectivity index (χ1v) is 7.67. The maximum Gasteiger partial charge on any atom is 0.294 e. The average molecular weight is 334 g/mol. The van der Waals surface area contributed by atoms with E-state index in [-0.39, 0.29) is 17.0 Å². The van der Waals surface area contributed by atoms with Crippen molar-refractivity contribution in [3.05, 3.63) is 74.2 Å². The third kappa shape index (κ3) is 3.02. The number of nitro groups is 1. The lowest BCUT2D eigenvalue weighted by molar-refractivity contribution is -0.420. The summed E-state index contributed by atoms with van der Waals surface area (Å²) in [6, 6.07) is 13.1. The van der Waals surface area contributed by atoms with E-state index >= 15 is 0 Å². The van der Waals surface area contributed by atoms with Gasteiger partial charge in [-0.15, -0.1) is 0 Å². The molecule has 25 heavy (non-hydrogen) atoms. The molecule has 6 heteroatoms. The molecule has 1 aromatic carbocycles. The largest absolute Gasteiger partial charge is 0.341 e. The van der Waals surface area contributed by atoms with Gasteiger partial charge < -0.3 is 4.90 Å². The van der Waals surface area contributed by atoms with Gasteiger partial charge in [0, 0.05) is 24.2 Å². The Morgan fingerprint density at radius 1 is 1.20 bits per heavy atom. The Kier molecular flexibility index (Phi) is 4.76. The van der Waals surface area contributed by atoms with Crippen LogP contribution in [-0.2, 0) is 0 Å². The molecule has 126 valence electrons. The van der Waals surface area contributed by atoms with E-state index in [1.807, 2.05) is 6.07 Å². The van der Waals surface area contributed by atoms with E-state index in [2.05, 4.69) is 12.1 Å². The van der Waals surface area contributed by atoms with Crippen molar-refractivity contribution in [2.24, 2.45) is 5.41 Å². The van der Waals surface area contributed by atoms with Crippen LogP contribution in [0.25, 0.3) is 6.08 Å². The van der Waals surface area contributed by atoms with Crippen LogP contribution in [0.3, 0.4) is 0 Å². The van der Waals surface area contributed by atoms with Crippen LogP contribution >= 0.6 is 0 Å². The Bertz CT molecular complexity index is 894. The fraction of sp³-hybridized carbons (Fsp3) is 0.263. The van der Waals surface area contributed by atoms with Crippen LogP contribution in [0.4, 0.5) is 0 Å². The van der Waals surface area contributed by atoms with Gasteiger partial charge in [0.05, 0.1) is 28.2 Å². The van der Waals surface area contributed by atoms with E-state index in [9.17, 15) is 20.6 Å². The first-order valence-electron chi connectivity index (χ1n) is 7.67. The average Bonchev–Trinajstić information content (AvgIpc) is 2.57. The molecule has 1 heterocycles. The zero-order valence-electron chi connectivity index (χ0n) is 14.6. The molecule has 0 radical (unpaired) electrons. The second-order valence-electron chi connectivity index (χ2n) is 6.29. The Labute approximate surface area is 146 Å². The highest BCUT2D eigenvalue weighted by molar-refractivity contribution is 5.61. The summed E-state index contributed by atoms with van der Waals surface area (Å²) in [4.78, 5) is 12.8. The van der Waals surface area contributed by atoms with E-state index in [4.69, 9.17) is 0 Å². The molecule has 0 bridgehead atoms. The monoisotopic (exact) mass is 334 g/mol. The Balaban J connectivity index is 2.79. The Hall–Kier alpha value is -3.38. The highest BCUT2D eigenvalue weighted by Gasteiger charge is 2.42. The Morgan fingerprint density at radius 3 is 2.24 bits per heavy atom. The molecule has 0 fully saturated rings. The summed E-state index contributed by atoms with van der Waals surface area (Å²) < 4.78 is 0. The molecule has 0 atom stereocenters. The molecule has 1 aromatic rings. The maximum absolute atomic E-state index is 11.8. The van der Waals surface area contributed by atoms with Crippen LogP contribution < -0.4 is 0 Å². The van der Waals surface area contributed by atoms with Crippen molar-refractivity contribution in [1.82, 2.24) is 4.90 Å². The first-order chi connectivity index (χ1) is 11.8. The van der Waals surface area contributed by atoms with Crippen LogP contribution in [0.5, 0.6) is 0 Å². The third-order valence-corrected chi connectivity index (χ3v) is 4.45. The molecule has 6 nitrogen and oxygen atoms in total. The summed E-state index contributed by atoms with van der Waals surface area (Å²) in [5.74, 6) is 0. The summed E-state index contributed by atoms with van der Waals surface area (Å²) in [5.41, 5.74) is 1.04.